The van der Waals surface area contributed by atoms with Gasteiger partial charge in [0.1, 0.15) is 11.6 Å². The molecule has 23 heavy (non-hydrogen) atoms. The highest BCUT2D eigenvalue weighted by Crippen LogP contribution is 2.16. The first-order valence-electron chi connectivity index (χ1n) is 7.98. The van der Waals surface area contributed by atoms with E-state index in [2.05, 4.69) is 12.2 Å². The Morgan fingerprint density at radius 2 is 1.96 bits per heavy atom. The Morgan fingerprint density at radius 3 is 2.61 bits per heavy atom. The summed E-state index contributed by atoms with van der Waals surface area (Å²) in [6.07, 6.45) is 2.93. The number of nitrogens with zero attached hydrogens (tertiary/aromatic N) is 1. The topological polar surface area (TPSA) is 49.4 Å². The molecule has 1 aliphatic heterocycles. The summed E-state index contributed by atoms with van der Waals surface area (Å²) < 4.78 is 26.2. The minimum atomic E-state index is -0.888. The lowest BCUT2D eigenvalue weighted by Gasteiger charge is -2.30. The number of carbonyl (C=O) groups is 2. The van der Waals surface area contributed by atoms with E-state index in [9.17, 15) is 18.4 Å². The van der Waals surface area contributed by atoms with Crippen LogP contribution in [-0.4, -0.2) is 36.3 Å². The predicted molar refractivity (Wildman–Crippen MR) is 82.9 cm³/mol. The first kappa shape index (κ1) is 17.4. The Hall–Kier alpha value is -1.98. The quantitative estimate of drug-likeness (QED) is 0.847. The van der Waals surface area contributed by atoms with Crippen LogP contribution in [0.4, 0.5) is 8.78 Å². The van der Waals surface area contributed by atoms with Crippen LogP contribution in [0.15, 0.2) is 18.2 Å². The van der Waals surface area contributed by atoms with Gasteiger partial charge in [0.15, 0.2) is 0 Å². The monoisotopic (exact) mass is 324 g/mol. The van der Waals surface area contributed by atoms with Gasteiger partial charge in [-0.25, -0.2) is 8.78 Å². The van der Waals surface area contributed by atoms with Crippen molar-refractivity contribution in [2.45, 2.75) is 32.6 Å². The fraction of sp³-hybridized carbons (Fsp3) is 0.529. The van der Waals surface area contributed by atoms with E-state index in [0.29, 0.717) is 24.8 Å². The minimum Gasteiger partial charge on any atom is -0.352 e. The molecule has 1 aromatic carbocycles. The number of amides is 2. The van der Waals surface area contributed by atoms with Crippen LogP contribution < -0.4 is 5.32 Å². The van der Waals surface area contributed by atoms with Gasteiger partial charge in [-0.05, 0) is 37.3 Å². The van der Waals surface area contributed by atoms with E-state index in [1.807, 2.05) is 4.90 Å². The van der Waals surface area contributed by atoms with E-state index >= 15 is 0 Å². The van der Waals surface area contributed by atoms with Crippen molar-refractivity contribution in [1.82, 2.24) is 10.2 Å². The molecule has 0 atom stereocenters. The summed E-state index contributed by atoms with van der Waals surface area (Å²) in [5.41, 5.74) is -0.192. The second kappa shape index (κ2) is 8.04. The molecule has 4 nitrogen and oxygen atoms in total. The molecule has 1 N–H and O–H groups in total. The van der Waals surface area contributed by atoms with E-state index in [-0.39, 0.29) is 18.0 Å². The number of piperidine rings is 1. The zero-order valence-corrected chi connectivity index (χ0v) is 13.3. The first-order valence-corrected chi connectivity index (χ1v) is 7.98. The van der Waals surface area contributed by atoms with E-state index in [1.165, 1.54) is 0 Å². The molecular weight excluding hydrogens is 302 g/mol. The molecule has 0 radical (unpaired) electrons. The highest BCUT2D eigenvalue weighted by molar-refractivity contribution is 5.94. The van der Waals surface area contributed by atoms with Crippen LogP contribution in [0.5, 0.6) is 0 Å². The molecular formula is C17H22F2N2O2. The van der Waals surface area contributed by atoms with Gasteiger partial charge in [0, 0.05) is 32.1 Å². The number of likely N-dealkylation sites (tertiary alicyclic amines) is 1. The molecule has 0 saturated carbocycles. The second-order valence-corrected chi connectivity index (χ2v) is 6.05. The maximum atomic E-state index is 13.5. The summed E-state index contributed by atoms with van der Waals surface area (Å²) in [5, 5.41) is 2.55. The smallest absolute Gasteiger partial charge is 0.254 e. The Kier molecular flexibility index (Phi) is 6.07. The minimum absolute atomic E-state index is 0.0964. The highest BCUT2D eigenvalue weighted by Gasteiger charge is 2.19. The van der Waals surface area contributed by atoms with Gasteiger partial charge < -0.3 is 10.2 Å². The Morgan fingerprint density at radius 1 is 1.26 bits per heavy atom. The third-order valence-corrected chi connectivity index (χ3v) is 4.17. The van der Waals surface area contributed by atoms with Gasteiger partial charge in [0.25, 0.3) is 5.91 Å². The molecule has 6 heteroatoms. The van der Waals surface area contributed by atoms with Gasteiger partial charge in [-0.2, -0.15) is 0 Å². The zero-order chi connectivity index (χ0) is 16.8. The van der Waals surface area contributed by atoms with Crippen LogP contribution in [0.25, 0.3) is 0 Å². The summed E-state index contributed by atoms with van der Waals surface area (Å²) in [4.78, 5) is 25.7. The van der Waals surface area contributed by atoms with Gasteiger partial charge in [-0.15, -0.1) is 0 Å². The molecule has 126 valence electrons. The summed E-state index contributed by atoms with van der Waals surface area (Å²) in [5.74, 6) is -1.44. The maximum Gasteiger partial charge on any atom is 0.254 e. The third-order valence-electron chi connectivity index (χ3n) is 4.17. The normalized spacial score (nSPS) is 15.5. The van der Waals surface area contributed by atoms with Gasteiger partial charge >= 0.3 is 0 Å². The van der Waals surface area contributed by atoms with Crippen LogP contribution in [-0.2, 0) is 4.79 Å². The first-order chi connectivity index (χ1) is 11.0. The molecule has 0 unspecified atom stereocenters. The SMILES string of the molecule is CC1CCN(C(=O)CCCNC(=O)c2ccc(F)cc2F)CC1. The predicted octanol–water partition coefficient (Wildman–Crippen LogP) is 2.73. The van der Waals surface area contributed by atoms with Crippen LogP contribution in [0.2, 0.25) is 0 Å². The fourth-order valence-electron chi connectivity index (χ4n) is 2.63. The van der Waals surface area contributed by atoms with Gasteiger partial charge in [-0.3, -0.25) is 9.59 Å². The molecule has 1 heterocycles. The summed E-state index contributed by atoms with van der Waals surface area (Å²) in [7, 11) is 0. The Bertz CT molecular complexity index is 570. The number of nitrogens with one attached hydrogen (secondary N) is 1. The molecule has 0 bridgehead atoms. The van der Waals surface area contributed by atoms with Crippen LogP contribution in [0.3, 0.4) is 0 Å². The average molecular weight is 324 g/mol. The lowest BCUT2D eigenvalue weighted by Crippen LogP contribution is -2.38. The van der Waals surface area contributed by atoms with Crippen molar-refractivity contribution < 1.29 is 18.4 Å². The molecule has 1 fully saturated rings. The third kappa shape index (κ3) is 5.01. The van der Waals surface area contributed by atoms with Gasteiger partial charge in [0.2, 0.25) is 5.91 Å². The molecule has 1 aliphatic rings. The highest BCUT2D eigenvalue weighted by atomic mass is 19.1. The van der Waals surface area contributed by atoms with E-state index in [1.54, 1.807) is 0 Å². The average Bonchev–Trinajstić information content (AvgIpc) is 2.51. The van der Waals surface area contributed by atoms with Crippen molar-refractivity contribution in [1.29, 1.82) is 0 Å². The van der Waals surface area contributed by atoms with Crippen molar-refractivity contribution >= 4 is 11.8 Å². The molecule has 1 saturated heterocycles. The van der Waals surface area contributed by atoms with Crippen LogP contribution in [0, 0.1) is 17.6 Å². The van der Waals surface area contributed by atoms with Crippen molar-refractivity contribution in [3.63, 3.8) is 0 Å². The Labute approximate surface area is 134 Å². The van der Waals surface area contributed by atoms with Gasteiger partial charge in [-0.1, -0.05) is 6.92 Å². The lowest BCUT2D eigenvalue weighted by molar-refractivity contribution is -0.132. The number of benzene rings is 1. The second-order valence-electron chi connectivity index (χ2n) is 6.05. The van der Waals surface area contributed by atoms with Crippen molar-refractivity contribution in [3.8, 4) is 0 Å². The van der Waals surface area contributed by atoms with E-state index < -0.39 is 17.5 Å². The molecule has 2 rings (SSSR count). The number of rotatable bonds is 5. The molecule has 1 aromatic rings. The Balaban J connectivity index is 1.70. The van der Waals surface area contributed by atoms with Crippen molar-refractivity contribution in [2.75, 3.05) is 19.6 Å². The number of halogens is 2. The lowest BCUT2D eigenvalue weighted by atomic mass is 9.99. The zero-order valence-electron chi connectivity index (χ0n) is 13.3. The van der Waals surface area contributed by atoms with Gasteiger partial charge in [0.05, 0.1) is 5.56 Å². The fourth-order valence-corrected chi connectivity index (χ4v) is 2.63. The standard InChI is InChI=1S/C17H22F2N2O2/c1-12-6-9-21(10-7-12)16(22)3-2-8-20-17(23)14-5-4-13(18)11-15(14)19/h4-5,11-12H,2-3,6-10H2,1H3,(H,20,23). The number of hydrogen-bond donors (Lipinski definition) is 1. The van der Waals surface area contributed by atoms with E-state index in [4.69, 9.17) is 0 Å². The van der Waals surface area contributed by atoms with E-state index in [0.717, 1.165) is 38.1 Å². The summed E-state index contributed by atoms with van der Waals surface area (Å²) >= 11 is 0. The van der Waals surface area contributed by atoms with Crippen LogP contribution in [0.1, 0.15) is 43.0 Å². The molecule has 0 spiro atoms. The molecule has 0 aromatic heterocycles. The molecule has 0 aliphatic carbocycles. The summed E-state index contributed by atoms with van der Waals surface area (Å²) in [6.45, 7) is 4.07. The number of hydrogen-bond acceptors (Lipinski definition) is 2. The maximum absolute atomic E-state index is 13.5. The summed E-state index contributed by atoms with van der Waals surface area (Å²) in [6, 6.07) is 2.83. The number of carbonyl (C=O) groups excluding carboxylic acids is 2. The largest absolute Gasteiger partial charge is 0.352 e. The van der Waals surface area contributed by atoms with Crippen molar-refractivity contribution in [3.05, 3.63) is 35.4 Å². The van der Waals surface area contributed by atoms with Crippen molar-refractivity contribution in [2.24, 2.45) is 5.92 Å². The molecule has 2 amide bonds. The van der Waals surface area contributed by atoms with Crippen LogP contribution >= 0.6 is 0 Å².